The number of hydrogen-bond acceptors (Lipinski definition) is 8. The van der Waals surface area contributed by atoms with Crippen LogP contribution in [0.4, 0.5) is 4.79 Å². The number of primary amides is 1. The monoisotopic (exact) mass is 635 g/mol. The van der Waals surface area contributed by atoms with Crippen LogP contribution in [0.1, 0.15) is 73.3 Å². The fourth-order valence-electron chi connectivity index (χ4n) is 5.49. The predicted molar refractivity (Wildman–Crippen MR) is 173 cm³/mol. The molecular formula is C34H57N3O8. The maximum absolute atomic E-state index is 13.4. The van der Waals surface area contributed by atoms with Crippen molar-refractivity contribution in [2.24, 2.45) is 34.8 Å². The summed E-state index contributed by atoms with van der Waals surface area (Å²) in [4.78, 5) is 39.9. The molecular weight excluding hydrogens is 578 g/mol. The van der Waals surface area contributed by atoms with E-state index in [2.05, 4.69) is 25.2 Å². The second-order valence-corrected chi connectivity index (χ2v) is 13.2. The molecule has 0 spiro atoms. The van der Waals surface area contributed by atoms with Crippen molar-refractivity contribution in [3.63, 3.8) is 0 Å². The summed E-state index contributed by atoms with van der Waals surface area (Å²) in [6, 6.07) is 5.72. The largest absolute Gasteiger partial charge is 0.493 e. The second kappa shape index (κ2) is 18.2. The average molecular weight is 636 g/mol. The van der Waals surface area contributed by atoms with Gasteiger partial charge in [-0.3, -0.25) is 14.5 Å². The summed E-state index contributed by atoms with van der Waals surface area (Å²) in [7, 11) is 3.29. The maximum atomic E-state index is 13.4. The first-order valence-electron chi connectivity index (χ1n) is 16.2. The molecule has 1 aliphatic rings. The smallest absolute Gasteiger partial charge is 0.411 e. The number of amides is 3. The van der Waals surface area contributed by atoms with Crippen LogP contribution in [0.25, 0.3) is 0 Å². The summed E-state index contributed by atoms with van der Waals surface area (Å²) >= 11 is 0. The molecule has 1 heterocycles. The molecule has 3 amide bonds. The number of carbonyl (C=O) groups is 3. The molecule has 1 saturated heterocycles. The van der Waals surface area contributed by atoms with Gasteiger partial charge in [-0.2, -0.15) is 0 Å². The van der Waals surface area contributed by atoms with E-state index in [4.69, 9.17) is 29.4 Å². The van der Waals surface area contributed by atoms with E-state index < -0.39 is 17.4 Å². The Kier molecular flexibility index (Phi) is 15.4. The molecule has 0 bridgehead atoms. The Bertz CT molecular complexity index is 1090. The summed E-state index contributed by atoms with van der Waals surface area (Å²) in [5.74, 6) is 0.825. The van der Waals surface area contributed by atoms with E-state index >= 15 is 0 Å². The van der Waals surface area contributed by atoms with Crippen molar-refractivity contribution >= 4 is 17.9 Å². The number of rotatable bonds is 19. The summed E-state index contributed by atoms with van der Waals surface area (Å²) in [5, 5.41) is 2.93. The fraction of sp³-hybridized carbons (Fsp3) is 0.735. The van der Waals surface area contributed by atoms with Gasteiger partial charge in [0.15, 0.2) is 11.5 Å². The minimum atomic E-state index is -0.870. The van der Waals surface area contributed by atoms with Crippen molar-refractivity contribution < 1.29 is 38.1 Å². The summed E-state index contributed by atoms with van der Waals surface area (Å²) < 4.78 is 28.3. The summed E-state index contributed by atoms with van der Waals surface area (Å²) in [6.45, 7) is 15.2. The standard InChI is InChI=1S/C34H57N3O8/c1-10-43-33(40)37-21-45-29(19-26(23(4)5)31(38)36-20-34(6,7)32(35)39)27(37)18-25(22(2)3)16-24-12-13-28(42-9)30(17-24)44-15-11-14-41-8/h12-13,17,22-23,25-27,29H,10-11,14-16,18-21H2,1-9H3,(H2,35,39)(H,36,38)/t25?,26?,27-,29-/m0/s1. The Morgan fingerprint density at radius 1 is 1.07 bits per heavy atom. The molecule has 11 nitrogen and oxygen atoms in total. The highest BCUT2D eigenvalue weighted by molar-refractivity contribution is 5.83. The van der Waals surface area contributed by atoms with E-state index in [1.807, 2.05) is 26.0 Å². The van der Waals surface area contributed by atoms with Gasteiger partial charge < -0.3 is 34.7 Å². The summed E-state index contributed by atoms with van der Waals surface area (Å²) in [5.41, 5.74) is 5.75. The lowest BCUT2D eigenvalue weighted by Crippen LogP contribution is -2.46. The van der Waals surface area contributed by atoms with E-state index in [-0.39, 0.29) is 55.7 Å². The molecule has 45 heavy (non-hydrogen) atoms. The number of nitrogens with two attached hydrogens (primary N) is 1. The van der Waals surface area contributed by atoms with E-state index in [0.717, 1.165) is 18.4 Å². The van der Waals surface area contributed by atoms with E-state index in [1.165, 1.54) is 0 Å². The van der Waals surface area contributed by atoms with Crippen molar-refractivity contribution in [2.75, 3.05) is 47.3 Å². The van der Waals surface area contributed by atoms with Crippen molar-refractivity contribution in [1.29, 1.82) is 0 Å². The molecule has 2 rings (SSSR count). The van der Waals surface area contributed by atoms with E-state index in [0.29, 0.717) is 43.5 Å². The lowest BCUT2D eigenvalue weighted by atomic mass is 9.80. The van der Waals surface area contributed by atoms with Crippen molar-refractivity contribution in [1.82, 2.24) is 10.2 Å². The van der Waals surface area contributed by atoms with Crippen molar-refractivity contribution in [3.8, 4) is 11.5 Å². The number of ether oxygens (including phenoxy) is 5. The lowest BCUT2D eigenvalue weighted by molar-refractivity contribution is -0.130. The van der Waals surface area contributed by atoms with Gasteiger partial charge in [0.2, 0.25) is 11.8 Å². The van der Waals surface area contributed by atoms with Gasteiger partial charge in [-0.1, -0.05) is 33.8 Å². The fourth-order valence-corrected chi connectivity index (χ4v) is 5.49. The first kappa shape index (κ1) is 38.1. The van der Waals surface area contributed by atoms with Crippen molar-refractivity contribution in [3.05, 3.63) is 23.8 Å². The molecule has 2 unspecified atom stereocenters. The van der Waals surface area contributed by atoms with Gasteiger partial charge in [0.1, 0.15) is 6.73 Å². The van der Waals surface area contributed by atoms with Gasteiger partial charge in [0.25, 0.3) is 0 Å². The van der Waals surface area contributed by atoms with Crippen LogP contribution in [0.2, 0.25) is 0 Å². The Morgan fingerprint density at radius 3 is 2.36 bits per heavy atom. The van der Waals surface area contributed by atoms with Crippen LogP contribution in [0.3, 0.4) is 0 Å². The molecule has 0 aromatic heterocycles. The highest BCUT2D eigenvalue weighted by atomic mass is 16.6. The molecule has 4 atom stereocenters. The van der Waals surface area contributed by atoms with Gasteiger partial charge in [-0.15, -0.1) is 0 Å². The number of hydrogen-bond donors (Lipinski definition) is 2. The van der Waals surface area contributed by atoms with E-state index in [1.54, 1.807) is 39.9 Å². The molecule has 0 saturated carbocycles. The third kappa shape index (κ3) is 11.4. The van der Waals surface area contributed by atoms with Gasteiger partial charge in [-0.05, 0) is 75.5 Å². The van der Waals surface area contributed by atoms with Crippen LogP contribution in [0.5, 0.6) is 11.5 Å². The number of nitrogens with one attached hydrogen (secondary N) is 1. The first-order valence-corrected chi connectivity index (χ1v) is 16.2. The Labute approximate surface area is 269 Å². The first-order chi connectivity index (χ1) is 21.2. The summed E-state index contributed by atoms with van der Waals surface area (Å²) in [6.07, 6.45) is 1.83. The van der Waals surface area contributed by atoms with E-state index in [9.17, 15) is 14.4 Å². The highest BCUT2D eigenvalue weighted by Crippen LogP contribution is 2.35. The Morgan fingerprint density at radius 2 is 1.78 bits per heavy atom. The molecule has 11 heteroatoms. The Hall–Kier alpha value is -3.05. The maximum Gasteiger partial charge on any atom is 0.411 e. The second-order valence-electron chi connectivity index (χ2n) is 13.2. The van der Waals surface area contributed by atoms with Crippen LogP contribution < -0.4 is 20.5 Å². The average Bonchev–Trinajstić information content (AvgIpc) is 3.38. The third-order valence-corrected chi connectivity index (χ3v) is 8.72. The van der Waals surface area contributed by atoms with Gasteiger partial charge in [-0.25, -0.2) is 4.79 Å². The number of carbonyl (C=O) groups excluding carboxylic acids is 3. The van der Waals surface area contributed by atoms with Gasteiger partial charge >= 0.3 is 6.09 Å². The van der Waals surface area contributed by atoms with Gasteiger partial charge in [0, 0.05) is 32.6 Å². The molecule has 3 N–H and O–H groups in total. The topological polar surface area (TPSA) is 139 Å². The SMILES string of the molecule is CCOC(=O)N1CO[C@@H](CC(C(=O)NCC(C)(C)C(N)=O)C(C)C)[C@@H]1CC(Cc1ccc(OC)c(OCCCOC)c1)C(C)C. The molecule has 1 fully saturated rings. The van der Waals surface area contributed by atoms with Gasteiger partial charge in [0.05, 0.1) is 37.9 Å². The van der Waals surface area contributed by atoms with Crippen LogP contribution in [-0.4, -0.2) is 82.3 Å². The number of nitrogens with zero attached hydrogens (tertiary/aromatic N) is 1. The normalized spacial score (nSPS) is 18.2. The van der Waals surface area contributed by atoms with Crippen molar-refractivity contribution in [2.45, 2.75) is 86.3 Å². The zero-order valence-electron chi connectivity index (χ0n) is 28.9. The molecule has 0 aliphatic carbocycles. The van der Waals surface area contributed by atoms with Crippen LogP contribution in [0, 0.1) is 29.1 Å². The lowest BCUT2D eigenvalue weighted by Gasteiger charge is -2.33. The zero-order valence-corrected chi connectivity index (χ0v) is 28.9. The number of benzene rings is 1. The Balaban J connectivity index is 2.29. The highest BCUT2D eigenvalue weighted by Gasteiger charge is 2.43. The zero-order chi connectivity index (χ0) is 33.7. The molecule has 0 radical (unpaired) electrons. The molecule has 1 aromatic carbocycles. The molecule has 1 aliphatic heterocycles. The molecule has 256 valence electrons. The minimum absolute atomic E-state index is 0.00471. The van der Waals surface area contributed by atoms with Crippen LogP contribution in [-0.2, 0) is 30.2 Å². The van der Waals surface area contributed by atoms with Crippen LogP contribution >= 0.6 is 0 Å². The third-order valence-electron chi connectivity index (χ3n) is 8.72. The number of methoxy groups -OCH3 is 2. The molecule has 1 aromatic rings. The predicted octanol–water partition coefficient (Wildman–Crippen LogP) is 4.79. The van der Waals surface area contributed by atoms with Crippen LogP contribution in [0.15, 0.2) is 18.2 Å². The quantitative estimate of drug-likeness (QED) is 0.207. The minimum Gasteiger partial charge on any atom is -0.493 e.